The molecule has 140 valence electrons. The van der Waals surface area contributed by atoms with E-state index in [-0.39, 0.29) is 5.91 Å². The highest BCUT2D eigenvalue weighted by atomic mass is 16.6. The first-order valence-electron chi connectivity index (χ1n) is 9.36. The first kappa shape index (κ1) is 20.8. The molecule has 5 nitrogen and oxygen atoms in total. The van der Waals surface area contributed by atoms with Crippen LogP contribution in [0, 0.1) is 11.8 Å². The van der Waals surface area contributed by atoms with Crippen molar-refractivity contribution >= 4 is 12.0 Å². The van der Waals surface area contributed by atoms with Crippen molar-refractivity contribution < 1.29 is 14.3 Å². The van der Waals surface area contributed by atoms with Crippen LogP contribution in [-0.4, -0.2) is 41.6 Å². The van der Waals surface area contributed by atoms with Gasteiger partial charge in [0.25, 0.3) is 0 Å². The Morgan fingerprint density at radius 2 is 1.88 bits per heavy atom. The molecular weight excluding hydrogens is 304 g/mol. The van der Waals surface area contributed by atoms with Gasteiger partial charge in [-0.2, -0.15) is 0 Å². The SMILES string of the molecule is CC1CCC(C(C)C)N(C(=O)CCCNC(=O)OC(C)(C)C)CC1. The number of carbonyl (C=O) groups is 2. The summed E-state index contributed by atoms with van der Waals surface area (Å²) in [5, 5.41) is 2.72. The molecule has 0 bridgehead atoms. The number of amides is 2. The van der Waals surface area contributed by atoms with Gasteiger partial charge in [0.15, 0.2) is 0 Å². The standard InChI is InChI=1S/C19H36N2O3/c1-14(2)16-10-9-15(3)11-13-21(16)17(22)8-7-12-20-18(23)24-19(4,5)6/h14-16H,7-13H2,1-6H3,(H,20,23). The maximum atomic E-state index is 12.6. The summed E-state index contributed by atoms with van der Waals surface area (Å²) in [4.78, 5) is 26.3. The third-order valence-electron chi connectivity index (χ3n) is 4.54. The van der Waals surface area contributed by atoms with E-state index in [4.69, 9.17) is 4.74 Å². The van der Waals surface area contributed by atoms with Gasteiger partial charge in [0, 0.05) is 25.6 Å². The second-order valence-electron chi connectivity index (χ2n) is 8.40. The van der Waals surface area contributed by atoms with Gasteiger partial charge in [0.05, 0.1) is 0 Å². The Morgan fingerprint density at radius 3 is 2.46 bits per heavy atom. The van der Waals surface area contributed by atoms with Crippen LogP contribution in [0.25, 0.3) is 0 Å². The predicted molar refractivity (Wildman–Crippen MR) is 96.8 cm³/mol. The zero-order valence-corrected chi connectivity index (χ0v) is 16.4. The zero-order chi connectivity index (χ0) is 18.3. The Bertz CT molecular complexity index is 415. The maximum absolute atomic E-state index is 12.6. The second-order valence-corrected chi connectivity index (χ2v) is 8.40. The molecule has 1 N–H and O–H groups in total. The number of ether oxygens (including phenoxy) is 1. The molecule has 2 amide bonds. The molecule has 0 spiro atoms. The van der Waals surface area contributed by atoms with Crippen LogP contribution in [-0.2, 0) is 9.53 Å². The number of hydrogen-bond donors (Lipinski definition) is 1. The van der Waals surface area contributed by atoms with Gasteiger partial charge in [-0.05, 0) is 58.3 Å². The molecule has 1 saturated heterocycles. The molecule has 1 heterocycles. The van der Waals surface area contributed by atoms with Crippen molar-refractivity contribution in [2.75, 3.05) is 13.1 Å². The van der Waals surface area contributed by atoms with Gasteiger partial charge < -0.3 is 15.0 Å². The van der Waals surface area contributed by atoms with E-state index < -0.39 is 11.7 Å². The summed E-state index contributed by atoms with van der Waals surface area (Å²) in [7, 11) is 0. The van der Waals surface area contributed by atoms with Crippen LogP contribution in [0.15, 0.2) is 0 Å². The van der Waals surface area contributed by atoms with Crippen LogP contribution in [0.4, 0.5) is 4.79 Å². The molecule has 2 unspecified atom stereocenters. The lowest BCUT2D eigenvalue weighted by atomic mass is 9.95. The summed E-state index contributed by atoms with van der Waals surface area (Å²) in [5.41, 5.74) is -0.493. The van der Waals surface area contributed by atoms with E-state index in [9.17, 15) is 9.59 Å². The highest BCUT2D eigenvalue weighted by Crippen LogP contribution is 2.26. The molecule has 0 aromatic carbocycles. The molecule has 0 saturated carbocycles. The molecule has 5 heteroatoms. The van der Waals surface area contributed by atoms with E-state index in [0.29, 0.717) is 37.3 Å². The Balaban J connectivity index is 2.41. The van der Waals surface area contributed by atoms with Crippen molar-refractivity contribution in [3.05, 3.63) is 0 Å². The molecular formula is C19H36N2O3. The quantitative estimate of drug-likeness (QED) is 0.771. The third-order valence-corrected chi connectivity index (χ3v) is 4.54. The Hall–Kier alpha value is -1.26. The second kappa shape index (κ2) is 9.28. The average Bonchev–Trinajstić information content (AvgIpc) is 2.63. The molecule has 0 aromatic heterocycles. The minimum absolute atomic E-state index is 0.216. The molecule has 1 aliphatic rings. The van der Waals surface area contributed by atoms with Crippen molar-refractivity contribution in [2.24, 2.45) is 11.8 Å². The van der Waals surface area contributed by atoms with Crippen molar-refractivity contribution in [2.45, 2.75) is 85.3 Å². The number of likely N-dealkylation sites (tertiary alicyclic amines) is 1. The average molecular weight is 341 g/mol. The van der Waals surface area contributed by atoms with Crippen molar-refractivity contribution in [3.8, 4) is 0 Å². The maximum Gasteiger partial charge on any atom is 0.407 e. The highest BCUT2D eigenvalue weighted by molar-refractivity contribution is 5.76. The van der Waals surface area contributed by atoms with Gasteiger partial charge >= 0.3 is 6.09 Å². The first-order valence-corrected chi connectivity index (χ1v) is 9.36. The number of alkyl carbamates (subject to hydrolysis) is 1. The number of nitrogens with zero attached hydrogens (tertiary/aromatic N) is 1. The summed E-state index contributed by atoms with van der Waals surface area (Å²) in [6, 6.07) is 0.348. The van der Waals surface area contributed by atoms with Crippen molar-refractivity contribution in [1.82, 2.24) is 10.2 Å². The van der Waals surface area contributed by atoms with Gasteiger partial charge in [-0.25, -0.2) is 4.79 Å². The third kappa shape index (κ3) is 7.54. The fraction of sp³-hybridized carbons (Fsp3) is 0.895. The van der Waals surface area contributed by atoms with Crippen molar-refractivity contribution in [1.29, 1.82) is 0 Å². The molecule has 2 atom stereocenters. The predicted octanol–water partition coefficient (Wildman–Crippen LogP) is 3.96. The minimum Gasteiger partial charge on any atom is -0.444 e. The molecule has 0 aromatic rings. The van der Waals surface area contributed by atoms with Crippen LogP contribution >= 0.6 is 0 Å². The monoisotopic (exact) mass is 340 g/mol. The van der Waals surface area contributed by atoms with Crippen LogP contribution in [0.1, 0.15) is 73.6 Å². The van der Waals surface area contributed by atoms with E-state index in [1.807, 2.05) is 20.8 Å². The molecule has 0 radical (unpaired) electrons. The molecule has 1 rings (SSSR count). The van der Waals surface area contributed by atoms with Gasteiger partial charge in [0.1, 0.15) is 5.60 Å². The topological polar surface area (TPSA) is 58.6 Å². The Morgan fingerprint density at radius 1 is 1.21 bits per heavy atom. The number of rotatable bonds is 5. The van der Waals surface area contributed by atoms with Crippen LogP contribution in [0.5, 0.6) is 0 Å². The number of hydrogen-bond acceptors (Lipinski definition) is 3. The lowest BCUT2D eigenvalue weighted by Gasteiger charge is -2.33. The summed E-state index contributed by atoms with van der Waals surface area (Å²) in [5.74, 6) is 1.39. The number of nitrogens with one attached hydrogen (secondary N) is 1. The number of carbonyl (C=O) groups excluding carboxylic acids is 2. The fourth-order valence-corrected chi connectivity index (χ4v) is 3.17. The summed E-state index contributed by atoms with van der Waals surface area (Å²) < 4.78 is 5.19. The van der Waals surface area contributed by atoms with E-state index in [1.165, 1.54) is 6.42 Å². The Labute approximate surface area is 147 Å². The van der Waals surface area contributed by atoms with Crippen LogP contribution in [0.3, 0.4) is 0 Å². The molecule has 1 aliphatic heterocycles. The van der Waals surface area contributed by atoms with E-state index in [1.54, 1.807) is 0 Å². The molecule has 1 fully saturated rings. The molecule has 0 aliphatic carbocycles. The summed E-state index contributed by atoms with van der Waals surface area (Å²) in [6.07, 6.45) is 4.10. The zero-order valence-electron chi connectivity index (χ0n) is 16.4. The van der Waals surface area contributed by atoms with Crippen LogP contribution in [0.2, 0.25) is 0 Å². The van der Waals surface area contributed by atoms with Gasteiger partial charge in [-0.1, -0.05) is 20.8 Å². The fourth-order valence-electron chi connectivity index (χ4n) is 3.17. The lowest BCUT2D eigenvalue weighted by molar-refractivity contribution is -0.134. The Kier molecular flexibility index (Phi) is 8.04. The normalized spacial score (nSPS) is 22.2. The van der Waals surface area contributed by atoms with E-state index >= 15 is 0 Å². The summed E-state index contributed by atoms with van der Waals surface area (Å²) in [6.45, 7) is 13.5. The molecule has 24 heavy (non-hydrogen) atoms. The van der Waals surface area contributed by atoms with Crippen molar-refractivity contribution in [3.63, 3.8) is 0 Å². The largest absolute Gasteiger partial charge is 0.444 e. The van der Waals surface area contributed by atoms with Gasteiger partial charge in [-0.15, -0.1) is 0 Å². The summed E-state index contributed by atoms with van der Waals surface area (Å²) >= 11 is 0. The first-order chi connectivity index (χ1) is 11.1. The van der Waals surface area contributed by atoms with Gasteiger partial charge in [-0.3, -0.25) is 4.79 Å². The smallest absolute Gasteiger partial charge is 0.407 e. The lowest BCUT2D eigenvalue weighted by Crippen LogP contribution is -2.43. The minimum atomic E-state index is -0.493. The highest BCUT2D eigenvalue weighted by Gasteiger charge is 2.29. The van der Waals surface area contributed by atoms with Crippen LogP contribution < -0.4 is 5.32 Å². The van der Waals surface area contributed by atoms with Gasteiger partial charge in [0.2, 0.25) is 5.91 Å². The van der Waals surface area contributed by atoms with E-state index in [2.05, 4.69) is 31.0 Å². The van der Waals surface area contributed by atoms with E-state index in [0.717, 1.165) is 19.4 Å².